The first-order chi connectivity index (χ1) is 7.81. The molecule has 1 aromatic heterocycles. The fourth-order valence-corrected chi connectivity index (χ4v) is 2.55. The number of benzene rings is 1. The molecule has 0 atom stereocenters. The molecule has 0 aliphatic rings. The molecule has 0 aliphatic heterocycles. The SMILES string of the molecule is CCCCc1sc(-c2ccccc2)nc1O. The van der Waals surface area contributed by atoms with Gasteiger partial charge in [-0.15, -0.1) is 11.3 Å². The van der Waals surface area contributed by atoms with Crippen molar-refractivity contribution in [3.8, 4) is 16.5 Å². The normalized spacial score (nSPS) is 10.6. The van der Waals surface area contributed by atoms with Crippen molar-refractivity contribution in [3.63, 3.8) is 0 Å². The Kier molecular flexibility index (Phi) is 3.57. The van der Waals surface area contributed by atoms with E-state index in [1.54, 1.807) is 11.3 Å². The molecular weight excluding hydrogens is 218 g/mol. The Bertz CT molecular complexity index is 450. The van der Waals surface area contributed by atoms with E-state index in [1.165, 1.54) is 0 Å². The molecule has 0 saturated carbocycles. The smallest absolute Gasteiger partial charge is 0.225 e. The van der Waals surface area contributed by atoms with Crippen LogP contribution in [0.3, 0.4) is 0 Å². The van der Waals surface area contributed by atoms with Crippen LogP contribution in [0, 0.1) is 0 Å². The topological polar surface area (TPSA) is 33.1 Å². The lowest BCUT2D eigenvalue weighted by atomic mass is 10.2. The largest absolute Gasteiger partial charge is 0.492 e. The molecule has 0 bridgehead atoms. The first-order valence-corrected chi connectivity index (χ1v) is 6.37. The highest BCUT2D eigenvalue weighted by Gasteiger charge is 2.10. The van der Waals surface area contributed by atoms with Gasteiger partial charge in [-0.3, -0.25) is 0 Å². The van der Waals surface area contributed by atoms with Crippen molar-refractivity contribution in [2.45, 2.75) is 26.2 Å². The van der Waals surface area contributed by atoms with Crippen molar-refractivity contribution >= 4 is 11.3 Å². The second-order valence-corrected chi connectivity index (χ2v) is 4.82. The molecule has 16 heavy (non-hydrogen) atoms. The zero-order chi connectivity index (χ0) is 11.4. The molecule has 2 nitrogen and oxygen atoms in total. The molecule has 0 unspecified atom stereocenters. The van der Waals surface area contributed by atoms with Crippen LogP contribution in [0.1, 0.15) is 24.6 Å². The summed E-state index contributed by atoms with van der Waals surface area (Å²) in [7, 11) is 0. The van der Waals surface area contributed by atoms with E-state index in [4.69, 9.17) is 0 Å². The summed E-state index contributed by atoms with van der Waals surface area (Å²) >= 11 is 1.59. The Morgan fingerprint density at radius 3 is 2.69 bits per heavy atom. The fraction of sp³-hybridized carbons (Fsp3) is 0.308. The van der Waals surface area contributed by atoms with Gasteiger partial charge >= 0.3 is 0 Å². The second kappa shape index (κ2) is 5.12. The number of aromatic nitrogens is 1. The number of aromatic hydroxyl groups is 1. The maximum absolute atomic E-state index is 9.72. The number of hydrogen-bond donors (Lipinski definition) is 1. The first kappa shape index (κ1) is 11.1. The Balaban J connectivity index is 2.24. The molecule has 0 radical (unpaired) electrons. The van der Waals surface area contributed by atoms with Crippen molar-refractivity contribution in [1.29, 1.82) is 0 Å². The Labute approximate surface area is 99.6 Å². The minimum atomic E-state index is 0.206. The summed E-state index contributed by atoms with van der Waals surface area (Å²) < 4.78 is 0. The lowest BCUT2D eigenvalue weighted by Crippen LogP contribution is -1.79. The number of aryl methyl sites for hydroxylation is 1. The molecule has 3 heteroatoms. The monoisotopic (exact) mass is 233 g/mol. The molecule has 0 amide bonds. The Morgan fingerprint density at radius 2 is 2.00 bits per heavy atom. The van der Waals surface area contributed by atoms with Gasteiger partial charge in [-0.05, 0) is 12.8 Å². The summed E-state index contributed by atoms with van der Waals surface area (Å²) in [6.07, 6.45) is 3.16. The second-order valence-electron chi connectivity index (χ2n) is 3.74. The van der Waals surface area contributed by atoms with E-state index in [-0.39, 0.29) is 5.88 Å². The van der Waals surface area contributed by atoms with Crippen LogP contribution in [0.2, 0.25) is 0 Å². The summed E-state index contributed by atoms with van der Waals surface area (Å²) in [5, 5.41) is 10.6. The number of thiazole rings is 1. The fourth-order valence-electron chi connectivity index (χ4n) is 1.55. The van der Waals surface area contributed by atoms with E-state index < -0.39 is 0 Å². The van der Waals surface area contributed by atoms with Crippen molar-refractivity contribution in [1.82, 2.24) is 4.98 Å². The van der Waals surface area contributed by atoms with Crippen molar-refractivity contribution in [2.24, 2.45) is 0 Å². The van der Waals surface area contributed by atoms with Gasteiger partial charge in [-0.25, -0.2) is 4.98 Å². The molecule has 0 aliphatic carbocycles. The first-order valence-electron chi connectivity index (χ1n) is 5.55. The Hall–Kier alpha value is -1.35. The van der Waals surface area contributed by atoms with E-state index in [9.17, 15) is 5.11 Å². The van der Waals surface area contributed by atoms with Gasteiger partial charge in [0.25, 0.3) is 0 Å². The van der Waals surface area contributed by atoms with Gasteiger partial charge in [0.2, 0.25) is 5.88 Å². The lowest BCUT2D eigenvalue weighted by molar-refractivity contribution is 0.450. The van der Waals surface area contributed by atoms with E-state index >= 15 is 0 Å². The quantitative estimate of drug-likeness (QED) is 0.870. The average Bonchev–Trinajstić information content (AvgIpc) is 2.69. The maximum Gasteiger partial charge on any atom is 0.225 e. The summed E-state index contributed by atoms with van der Waals surface area (Å²) in [5.41, 5.74) is 1.07. The van der Waals surface area contributed by atoms with E-state index in [1.807, 2.05) is 30.3 Å². The molecule has 0 spiro atoms. The van der Waals surface area contributed by atoms with Gasteiger partial charge in [0, 0.05) is 5.56 Å². The van der Waals surface area contributed by atoms with Gasteiger partial charge in [-0.1, -0.05) is 43.7 Å². The Morgan fingerprint density at radius 1 is 1.25 bits per heavy atom. The highest BCUT2D eigenvalue weighted by Crippen LogP contribution is 2.32. The molecule has 1 N–H and O–H groups in total. The van der Waals surface area contributed by atoms with E-state index in [0.29, 0.717) is 0 Å². The zero-order valence-electron chi connectivity index (χ0n) is 9.31. The minimum absolute atomic E-state index is 0.206. The third kappa shape index (κ3) is 2.42. The van der Waals surface area contributed by atoms with Crippen LogP contribution in [0.25, 0.3) is 10.6 Å². The standard InChI is InChI=1S/C13H15NOS/c1-2-3-9-11-12(15)14-13(16-11)10-7-5-4-6-8-10/h4-8,15H,2-3,9H2,1H3. The van der Waals surface area contributed by atoms with Gasteiger partial charge in [-0.2, -0.15) is 0 Å². The van der Waals surface area contributed by atoms with Crippen LogP contribution in [0.5, 0.6) is 5.88 Å². The third-order valence-corrected chi connectivity index (χ3v) is 3.61. The summed E-state index contributed by atoms with van der Waals surface area (Å²) in [4.78, 5) is 5.21. The molecule has 1 heterocycles. The average molecular weight is 233 g/mol. The van der Waals surface area contributed by atoms with Crippen molar-refractivity contribution in [3.05, 3.63) is 35.2 Å². The summed E-state index contributed by atoms with van der Waals surface area (Å²) in [5.74, 6) is 0.206. The lowest BCUT2D eigenvalue weighted by Gasteiger charge is -1.93. The number of rotatable bonds is 4. The van der Waals surface area contributed by atoms with Crippen molar-refractivity contribution in [2.75, 3.05) is 0 Å². The molecule has 2 rings (SSSR count). The number of unbranched alkanes of at least 4 members (excludes halogenated alkanes) is 1. The van der Waals surface area contributed by atoms with Crippen LogP contribution >= 0.6 is 11.3 Å². The number of hydrogen-bond acceptors (Lipinski definition) is 3. The van der Waals surface area contributed by atoms with Crippen LogP contribution in [0.4, 0.5) is 0 Å². The predicted octanol–water partition coefficient (Wildman–Crippen LogP) is 3.86. The molecule has 0 fully saturated rings. The van der Waals surface area contributed by atoms with Gasteiger partial charge < -0.3 is 5.11 Å². The number of nitrogens with zero attached hydrogens (tertiary/aromatic N) is 1. The van der Waals surface area contributed by atoms with Gasteiger partial charge in [0.15, 0.2) is 0 Å². The molecule has 84 valence electrons. The van der Waals surface area contributed by atoms with E-state index in [2.05, 4.69) is 11.9 Å². The van der Waals surface area contributed by atoms with Crippen LogP contribution < -0.4 is 0 Å². The van der Waals surface area contributed by atoms with Crippen LogP contribution in [-0.4, -0.2) is 10.1 Å². The predicted molar refractivity (Wildman–Crippen MR) is 67.8 cm³/mol. The minimum Gasteiger partial charge on any atom is -0.492 e. The van der Waals surface area contributed by atoms with Crippen LogP contribution in [-0.2, 0) is 6.42 Å². The summed E-state index contributed by atoms with van der Waals surface area (Å²) in [6.45, 7) is 2.15. The molecule has 2 aromatic rings. The third-order valence-electron chi connectivity index (χ3n) is 2.45. The highest BCUT2D eigenvalue weighted by atomic mass is 32.1. The van der Waals surface area contributed by atoms with Crippen molar-refractivity contribution < 1.29 is 5.11 Å². The molecule has 0 saturated heterocycles. The maximum atomic E-state index is 9.72. The molecule has 1 aromatic carbocycles. The summed E-state index contributed by atoms with van der Waals surface area (Å²) in [6, 6.07) is 9.98. The van der Waals surface area contributed by atoms with Gasteiger partial charge in [0.05, 0.1) is 4.88 Å². The van der Waals surface area contributed by atoms with Crippen LogP contribution in [0.15, 0.2) is 30.3 Å². The van der Waals surface area contributed by atoms with E-state index in [0.717, 1.165) is 34.7 Å². The molecular formula is C13H15NOS. The van der Waals surface area contributed by atoms with Gasteiger partial charge in [0.1, 0.15) is 5.01 Å². The zero-order valence-corrected chi connectivity index (χ0v) is 10.1. The highest BCUT2D eigenvalue weighted by molar-refractivity contribution is 7.15.